The number of nitrogens with zero attached hydrogens (tertiary/aromatic N) is 6. The molecule has 6 nitrogen and oxygen atoms in total. The molecule has 0 bridgehead atoms. The van der Waals surface area contributed by atoms with E-state index in [1.54, 1.807) is 12.1 Å². The van der Waals surface area contributed by atoms with E-state index in [9.17, 15) is 0 Å². The maximum atomic E-state index is 5.92. The Bertz CT molecular complexity index is 860. The lowest BCUT2D eigenvalue weighted by atomic mass is 10.3. The Morgan fingerprint density at radius 3 is 1.84 bits per heavy atom. The average molecular weight is 271 g/mol. The van der Waals surface area contributed by atoms with Gasteiger partial charge in [-0.2, -0.15) is 0 Å². The predicted octanol–water partition coefficient (Wildman–Crippen LogP) is 2.14. The van der Waals surface area contributed by atoms with Gasteiger partial charge in [0.2, 0.25) is 0 Å². The van der Waals surface area contributed by atoms with E-state index in [2.05, 4.69) is 20.4 Å². The average Bonchev–Trinajstić information content (AvgIpc) is 3.00. The third-order valence-electron chi connectivity index (χ3n) is 2.77. The quantitative estimate of drug-likeness (QED) is 0.532. The summed E-state index contributed by atoms with van der Waals surface area (Å²) >= 11 is 5.92. The van der Waals surface area contributed by atoms with Crippen LogP contribution in [0.5, 0.6) is 0 Å². The molecule has 0 N–H and O–H groups in total. The van der Waals surface area contributed by atoms with E-state index in [4.69, 9.17) is 11.6 Å². The highest BCUT2D eigenvalue weighted by atomic mass is 35.5. The summed E-state index contributed by atoms with van der Waals surface area (Å²) in [4.78, 5) is 2.71. The number of halogens is 1. The Morgan fingerprint density at radius 1 is 0.684 bits per heavy atom. The fraction of sp³-hybridized carbons (Fsp3) is 0. The van der Waals surface area contributed by atoms with Crippen molar-refractivity contribution in [2.75, 3.05) is 0 Å². The van der Waals surface area contributed by atoms with E-state index < -0.39 is 0 Å². The van der Waals surface area contributed by atoms with E-state index >= 15 is 0 Å². The molecule has 0 spiro atoms. The van der Waals surface area contributed by atoms with Crippen LogP contribution in [0.25, 0.3) is 22.1 Å². The van der Waals surface area contributed by atoms with Gasteiger partial charge in [0.15, 0.2) is 0 Å². The van der Waals surface area contributed by atoms with Gasteiger partial charge in [-0.3, -0.25) is 0 Å². The first-order chi connectivity index (χ1) is 9.29. The largest absolute Gasteiger partial charge is 0.128 e. The lowest BCUT2D eigenvalue weighted by Gasteiger charge is -1.92. The van der Waals surface area contributed by atoms with Crippen LogP contribution >= 0.6 is 11.6 Å². The summed E-state index contributed by atoms with van der Waals surface area (Å²) in [7, 11) is 0. The lowest BCUT2D eigenvalue weighted by molar-refractivity contribution is 0.399. The van der Waals surface area contributed by atoms with Gasteiger partial charge in [-0.1, -0.05) is 23.7 Å². The Morgan fingerprint density at radius 2 is 1.21 bits per heavy atom. The minimum Gasteiger partial charge on any atom is -0.128 e. The summed E-state index contributed by atoms with van der Waals surface area (Å²) in [6.07, 6.45) is 0. The van der Waals surface area contributed by atoms with E-state index in [0.29, 0.717) is 10.5 Å². The Hall–Kier alpha value is -2.47. The zero-order valence-corrected chi connectivity index (χ0v) is 10.4. The van der Waals surface area contributed by atoms with Crippen molar-refractivity contribution in [3.63, 3.8) is 0 Å². The molecule has 0 saturated carbocycles. The van der Waals surface area contributed by atoms with Crippen LogP contribution in [-0.4, -0.2) is 30.2 Å². The second-order valence-corrected chi connectivity index (χ2v) is 4.49. The zero-order chi connectivity index (χ0) is 12.8. The Kier molecular flexibility index (Phi) is 2.07. The smallest absolute Gasteiger partial charge is 0.117 e. The maximum Gasteiger partial charge on any atom is 0.117 e. The van der Waals surface area contributed by atoms with Gasteiger partial charge in [0.1, 0.15) is 22.1 Å². The monoisotopic (exact) mass is 270 g/mol. The fourth-order valence-corrected chi connectivity index (χ4v) is 2.05. The number of hydrogen-bond donors (Lipinski definition) is 0. The summed E-state index contributed by atoms with van der Waals surface area (Å²) in [5.74, 6) is 0. The molecule has 0 aliphatic heterocycles. The highest BCUT2D eigenvalue weighted by molar-refractivity contribution is 6.31. The minimum absolute atomic E-state index is 0.623. The van der Waals surface area contributed by atoms with E-state index in [0.717, 1.165) is 16.6 Å². The fourth-order valence-electron chi connectivity index (χ4n) is 1.88. The highest BCUT2D eigenvalue weighted by Crippen LogP contribution is 2.15. The van der Waals surface area contributed by atoms with Gasteiger partial charge in [0, 0.05) is 5.02 Å². The molecule has 4 aromatic rings. The molecule has 0 fully saturated rings. The van der Waals surface area contributed by atoms with Crippen LogP contribution in [0.3, 0.4) is 0 Å². The molecule has 2 heterocycles. The topological polar surface area (TPSA) is 61.4 Å². The normalized spacial score (nSPS) is 11.4. The summed E-state index contributed by atoms with van der Waals surface area (Å²) in [6, 6.07) is 12.9. The van der Waals surface area contributed by atoms with Gasteiger partial charge in [-0.25, -0.2) is 0 Å². The maximum absolute atomic E-state index is 5.92. The molecule has 2 aromatic heterocycles. The molecule has 0 amide bonds. The summed E-state index contributed by atoms with van der Waals surface area (Å²) in [5, 5.41) is 17.8. The van der Waals surface area contributed by atoms with Crippen LogP contribution in [0.1, 0.15) is 0 Å². The number of fused-ring (bicyclic) bond motifs is 2. The third kappa shape index (κ3) is 1.65. The molecule has 0 radical (unpaired) electrons. The minimum atomic E-state index is 0.623. The summed E-state index contributed by atoms with van der Waals surface area (Å²) < 4.78 is 0. The lowest BCUT2D eigenvalue weighted by Crippen LogP contribution is -2.15. The molecule has 19 heavy (non-hydrogen) atoms. The molecule has 2 aromatic carbocycles. The molecule has 0 unspecified atom stereocenters. The van der Waals surface area contributed by atoms with Gasteiger partial charge in [0.25, 0.3) is 0 Å². The number of benzene rings is 2. The van der Waals surface area contributed by atoms with Gasteiger partial charge < -0.3 is 0 Å². The van der Waals surface area contributed by atoms with Gasteiger partial charge in [-0.15, -0.1) is 20.4 Å². The molecule has 4 rings (SSSR count). The first-order valence-corrected chi connectivity index (χ1v) is 6.03. The number of rotatable bonds is 1. The molecule has 7 heteroatoms. The molecular weight excluding hydrogens is 264 g/mol. The molecule has 0 saturated heterocycles. The van der Waals surface area contributed by atoms with Crippen LogP contribution < -0.4 is 0 Å². The van der Waals surface area contributed by atoms with Crippen molar-refractivity contribution in [3.05, 3.63) is 47.5 Å². The van der Waals surface area contributed by atoms with Crippen molar-refractivity contribution >= 4 is 33.7 Å². The summed E-state index contributed by atoms with van der Waals surface area (Å²) in [5.41, 5.74) is 3.03. The highest BCUT2D eigenvalue weighted by Gasteiger charge is 2.07. The molecule has 92 valence electrons. The van der Waals surface area contributed by atoms with Crippen LogP contribution in [0.15, 0.2) is 42.5 Å². The first kappa shape index (κ1) is 10.5. The van der Waals surface area contributed by atoms with Gasteiger partial charge in [-0.05, 0) is 40.1 Å². The van der Waals surface area contributed by atoms with E-state index in [1.165, 1.54) is 9.81 Å². The summed E-state index contributed by atoms with van der Waals surface area (Å²) in [6.45, 7) is 0. The van der Waals surface area contributed by atoms with Crippen molar-refractivity contribution in [2.24, 2.45) is 0 Å². The molecular formula is C12H7ClN6. The molecule has 0 atom stereocenters. The SMILES string of the molecule is Clc1ccc2nn(-n3nc4ccccc4n3)nc2c1. The second kappa shape index (κ2) is 3.76. The van der Waals surface area contributed by atoms with Crippen LogP contribution in [0, 0.1) is 0 Å². The van der Waals surface area contributed by atoms with Crippen LogP contribution in [-0.2, 0) is 0 Å². The Balaban J connectivity index is 1.93. The molecule has 0 aliphatic rings. The van der Waals surface area contributed by atoms with Gasteiger partial charge >= 0.3 is 0 Å². The Labute approximate surface area is 112 Å². The third-order valence-corrected chi connectivity index (χ3v) is 3.00. The second-order valence-electron chi connectivity index (χ2n) is 4.06. The van der Waals surface area contributed by atoms with Crippen molar-refractivity contribution in [1.29, 1.82) is 0 Å². The van der Waals surface area contributed by atoms with E-state index in [1.807, 2.05) is 30.3 Å². The van der Waals surface area contributed by atoms with Crippen molar-refractivity contribution < 1.29 is 0 Å². The number of aromatic nitrogens is 6. The van der Waals surface area contributed by atoms with Crippen molar-refractivity contribution in [3.8, 4) is 0 Å². The standard InChI is InChI=1S/C12H7ClN6/c13-8-5-6-11-12(7-8)17-19(16-11)18-14-9-3-1-2-4-10(9)15-18/h1-7H. The van der Waals surface area contributed by atoms with Crippen molar-refractivity contribution in [1.82, 2.24) is 30.2 Å². The number of hydrogen-bond acceptors (Lipinski definition) is 4. The molecule has 0 aliphatic carbocycles. The zero-order valence-electron chi connectivity index (χ0n) is 9.60. The van der Waals surface area contributed by atoms with Crippen LogP contribution in [0.4, 0.5) is 0 Å². The predicted molar refractivity (Wildman–Crippen MR) is 70.9 cm³/mol. The van der Waals surface area contributed by atoms with E-state index in [-0.39, 0.29) is 0 Å². The van der Waals surface area contributed by atoms with Gasteiger partial charge in [0.05, 0.1) is 0 Å². The first-order valence-electron chi connectivity index (χ1n) is 5.65. The van der Waals surface area contributed by atoms with Crippen molar-refractivity contribution in [2.45, 2.75) is 0 Å². The van der Waals surface area contributed by atoms with Crippen LogP contribution in [0.2, 0.25) is 5.02 Å².